The van der Waals surface area contributed by atoms with Crippen molar-refractivity contribution in [1.82, 2.24) is 9.97 Å². The lowest BCUT2D eigenvalue weighted by Crippen LogP contribution is -1.90. The van der Waals surface area contributed by atoms with Crippen LogP contribution in [-0.4, -0.2) is 9.97 Å². The Morgan fingerprint density at radius 1 is 1.11 bits per heavy atom. The third kappa shape index (κ3) is 2.19. The van der Waals surface area contributed by atoms with Gasteiger partial charge in [-0.1, -0.05) is 17.4 Å². The molecule has 1 N–H and O–H groups in total. The fourth-order valence-corrected chi connectivity index (χ4v) is 2.62. The summed E-state index contributed by atoms with van der Waals surface area (Å²) in [6.07, 6.45) is 1.83. The van der Waals surface area contributed by atoms with Crippen LogP contribution in [0.1, 0.15) is 11.3 Å². The summed E-state index contributed by atoms with van der Waals surface area (Å²) < 4.78 is 1.20. The molecule has 0 atom stereocenters. The van der Waals surface area contributed by atoms with Crippen molar-refractivity contribution in [3.8, 4) is 0 Å². The Labute approximate surface area is 110 Å². The molecule has 0 aliphatic heterocycles. The van der Waals surface area contributed by atoms with Crippen molar-refractivity contribution in [2.75, 3.05) is 5.32 Å². The second-order valence-corrected chi connectivity index (χ2v) is 5.33. The largest absolute Gasteiger partial charge is 0.330 e. The lowest BCUT2D eigenvalue weighted by atomic mass is 10.2. The average molecular weight is 255 g/mol. The number of anilines is 2. The van der Waals surface area contributed by atoms with Gasteiger partial charge < -0.3 is 5.32 Å². The predicted octanol–water partition coefficient (Wildman–Crippen LogP) is 4.05. The molecule has 1 aromatic carbocycles. The van der Waals surface area contributed by atoms with Gasteiger partial charge in [0.1, 0.15) is 0 Å². The molecular weight excluding hydrogens is 242 g/mol. The number of hydrogen-bond acceptors (Lipinski definition) is 4. The third-order valence-corrected chi connectivity index (χ3v) is 3.66. The van der Waals surface area contributed by atoms with E-state index < -0.39 is 0 Å². The first-order valence-corrected chi connectivity index (χ1v) is 6.59. The first kappa shape index (κ1) is 11.2. The first-order valence-electron chi connectivity index (χ1n) is 5.77. The number of nitrogens with zero attached hydrogens (tertiary/aromatic N) is 2. The Morgan fingerprint density at radius 3 is 2.78 bits per heavy atom. The van der Waals surface area contributed by atoms with Crippen molar-refractivity contribution in [2.24, 2.45) is 0 Å². The van der Waals surface area contributed by atoms with Gasteiger partial charge >= 0.3 is 0 Å². The van der Waals surface area contributed by atoms with Crippen molar-refractivity contribution >= 4 is 32.4 Å². The maximum atomic E-state index is 4.57. The first-order chi connectivity index (χ1) is 8.70. The predicted molar refractivity (Wildman–Crippen MR) is 76.6 cm³/mol. The lowest BCUT2D eigenvalue weighted by Gasteiger charge is -2.01. The van der Waals surface area contributed by atoms with Crippen LogP contribution in [0.15, 0.2) is 36.5 Å². The van der Waals surface area contributed by atoms with Gasteiger partial charge in [-0.3, -0.25) is 4.98 Å². The Bertz CT molecular complexity index is 686. The molecule has 0 unspecified atom stereocenters. The van der Waals surface area contributed by atoms with Gasteiger partial charge in [0, 0.05) is 5.69 Å². The van der Waals surface area contributed by atoms with Crippen LogP contribution < -0.4 is 5.32 Å². The summed E-state index contributed by atoms with van der Waals surface area (Å²) in [5.41, 5.74) is 4.26. The summed E-state index contributed by atoms with van der Waals surface area (Å²) in [5, 5.41) is 4.19. The molecule has 0 bridgehead atoms. The van der Waals surface area contributed by atoms with Crippen molar-refractivity contribution in [2.45, 2.75) is 13.8 Å². The smallest absolute Gasteiger partial charge is 0.188 e. The molecule has 3 rings (SSSR count). The van der Waals surface area contributed by atoms with Gasteiger partial charge in [-0.15, -0.1) is 0 Å². The average Bonchev–Trinajstić information content (AvgIpc) is 2.73. The van der Waals surface area contributed by atoms with E-state index in [4.69, 9.17) is 0 Å². The van der Waals surface area contributed by atoms with E-state index in [9.17, 15) is 0 Å². The number of nitrogens with one attached hydrogen (secondary N) is 1. The molecule has 0 amide bonds. The van der Waals surface area contributed by atoms with Gasteiger partial charge in [-0.05, 0) is 43.7 Å². The van der Waals surface area contributed by atoms with Crippen LogP contribution in [0.3, 0.4) is 0 Å². The molecule has 0 radical (unpaired) electrons. The Kier molecular flexibility index (Phi) is 2.72. The molecule has 2 heterocycles. The number of hydrogen-bond donors (Lipinski definition) is 1. The summed E-state index contributed by atoms with van der Waals surface area (Å²) in [4.78, 5) is 8.83. The lowest BCUT2D eigenvalue weighted by molar-refractivity contribution is 1.20. The van der Waals surface area contributed by atoms with Crippen molar-refractivity contribution in [3.63, 3.8) is 0 Å². The zero-order valence-corrected chi connectivity index (χ0v) is 11.1. The second kappa shape index (κ2) is 4.38. The number of benzene rings is 1. The highest BCUT2D eigenvalue weighted by atomic mass is 32.1. The topological polar surface area (TPSA) is 37.8 Å². The maximum Gasteiger partial charge on any atom is 0.188 e. The van der Waals surface area contributed by atoms with E-state index in [1.165, 1.54) is 10.3 Å². The Hall–Kier alpha value is -1.94. The number of aromatic nitrogens is 2. The van der Waals surface area contributed by atoms with E-state index in [0.717, 1.165) is 22.0 Å². The molecule has 0 spiro atoms. The molecule has 2 aromatic heterocycles. The standard InChI is InChI=1S/C14H13N3S/c1-9-3-6-13-12(7-9)17-14(18-13)16-11-5-4-10(2)15-8-11/h3-8H,1-2H3,(H,16,17). The van der Waals surface area contributed by atoms with Gasteiger partial charge in [-0.25, -0.2) is 4.98 Å². The van der Waals surface area contributed by atoms with E-state index in [-0.39, 0.29) is 0 Å². The number of thiazole rings is 1. The number of aryl methyl sites for hydroxylation is 2. The SMILES string of the molecule is Cc1ccc2sc(Nc3ccc(C)nc3)nc2c1. The summed E-state index contributed by atoms with van der Waals surface area (Å²) in [6.45, 7) is 4.06. The minimum Gasteiger partial charge on any atom is -0.330 e. The van der Waals surface area contributed by atoms with Gasteiger partial charge in [0.05, 0.1) is 22.1 Å². The Morgan fingerprint density at radius 2 is 2.00 bits per heavy atom. The van der Waals surface area contributed by atoms with E-state index in [0.29, 0.717) is 0 Å². The highest BCUT2D eigenvalue weighted by Gasteiger charge is 2.04. The van der Waals surface area contributed by atoms with Crippen LogP contribution in [0.4, 0.5) is 10.8 Å². The summed E-state index contributed by atoms with van der Waals surface area (Å²) in [7, 11) is 0. The molecule has 3 nitrogen and oxygen atoms in total. The third-order valence-electron chi connectivity index (χ3n) is 2.71. The molecule has 0 saturated carbocycles. The zero-order chi connectivity index (χ0) is 12.5. The maximum absolute atomic E-state index is 4.57. The molecule has 0 fully saturated rings. The molecule has 3 aromatic rings. The monoisotopic (exact) mass is 255 g/mol. The van der Waals surface area contributed by atoms with Crippen molar-refractivity contribution in [1.29, 1.82) is 0 Å². The van der Waals surface area contributed by atoms with Gasteiger partial charge in [0.25, 0.3) is 0 Å². The Balaban J connectivity index is 1.92. The number of pyridine rings is 1. The van der Waals surface area contributed by atoms with Crippen LogP contribution >= 0.6 is 11.3 Å². The fraction of sp³-hybridized carbons (Fsp3) is 0.143. The van der Waals surface area contributed by atoms with Gasteiger partial charge in [0.2, 0.25) is 0 Å². The van der Waals surface area contributed by atoms with E-state index in [1.54, 1.807) is 11.3 Å². The quantitative estimate of drug-likeness (QED) is 0.750. The molecule has 18 heavy (non-hydrogen) atoms. The highest BCUT2D eigenvalue weighted by molar-refractivity contribution is 7.22. The van der Waals surface area contributed by atoms with E-state index >= 15 is 0 Å². The normalized spacial score (nSPS) is 10.8. The number of fused-ring (bicyclic) bond motifs is 1. The van der Waals surface area contributed by atoms with Crippen molar-refractivity contribution in [3.05, 3.63) is 47.8 Å². The molecule has 0 aliphatic carbocycles. The van der Waals surface area contributed by atoms with Crippen LogP contribution in [0.2, 0.25) is 0 Å². The van der Waals surface area contributed by atoms with E-state index in [2.05, 4.69) is 40.4 Å². The fourth-order valence-electron chi connectivity index (χ4n) is 1.76. The van der Waals surface area contributed by atoms with Crippen LogP contribution in [0.25, 0.3) is 10.2 Å². The molecule has 4 heteroatoms. The number of rotatable bonds is 2. The van der Waals surface area contributed by atoms with E-state index in [1.807, 2.05) is 25.3 Å². The minimum absolute atomic E-state index is 0.904. The minimum atomic E-state index is 0.904. The molecule has 0 aliphatic rings. The highest BCUT2D eigenvalue weighted by Crippen LogP contribution is 2.28. The van der Waals surface area contributed by atoms with Crippen LogP contribution in [-0.2, 0) is 0 Å². The molecule has 90 valence electrons. The zero-order valence-electron chi connectivity index (χ0n) is 10.3. The summed E-state index contributed by atoms with van der Waals surface area (Å²) in [6, 6.07) is 10.3. The molecular formula is C14H13N3S. The van der Waals surface area contributed by atoms with Gasteiger partial charge in [-0.2, -0.15) is 0 Å². The van der Waals surface area contributed by atoms with Crippen molar-refractivity contribution < 1.29 is 0 Å². The summed E-state index contributed by atoms with van der Waals surface area (Å²) in [5.74, 6) is 0. The molecule has 0 saturated heterocycles. The van der Waals surface area contributed by atoms with Gasteiger partial charge in [0.15, 0.2) is 5.13 Å². The summed E-state index contributed by atoms with van der Waals surface area (Å²) >= 11 is 1.66. The van der Waals surface area contributed by atoms with Crippen LogP contribution in [0, 0.1) is 13.8 Å². The second-order valence-electron chi connectivity index (χ2n) is 4.30. The van der Waals surface area contributed by atoms with Crippen LogP contribution in [0.5, 0.6) is 0 Å².